The number of fused-ring (bicyclic) bond motifs is 2. The molecule has 140 valence electrons. The van der Waals surface area contributed by atoms with Gasteiger partial charge in [-0.25, -0.2) is 4.79 Å². The molecule has 0 radical (unpaired) electrons. The first-order valence-corrected chi connectivity index (χ1v) is 9.15. The number of para-hydroxylation sites is 1. The Morgan fingerprint density at radius 3 is 2.67 bits per heavy atom. The molecule has 0 unspecified atom stereocenters. The molecule has 0 atom stereocenters. The fourth-order valence-electron chi connectivity index (χ4n) is 3.67. The highest BCUT2D eigenvalue weighted by atomic mass is 16.6. The van der Waals surface area contributed by atoms with Crippen molar-refractivity contribution >= 4 is 22.7 Å². The summed E-state index contributed by atoms with van der Waals surface area (Å²) < 4.78 is 11.7. The van der Waals surface area contributed by atoms with Gasteiger partial charge in [-0.15, -0.1) is 0 Å². The molecule has 0 saturated heterocycles. The zero-order valence-electron chi connectivity index (χ0n) is 16.4. The second-order valence-corrected chi connectivity index (χ2v) is 8.65. The van der Waals surface area contributed by atoms with Crippen LogP contribution in [0.1, 0.15) is 40.2 Å². The van der Waals surface area contributed by atoms with E-state index in [9.17, 15) is 4.79 Å². The van der Waals surface area contributed by atoms with Crippen LogP contribution in [0, 0.1) is 0 Å². The second-order valence-electron chi connectivity index (χ2n) is 8.65. The van der Waals surface area contributed by atoms with E-state index in [4.69, 9.17) is 9.15 Å². The monoisotopic (exact) mass is 364 g/mol. The fraction of sp³-hybridized carbons (Fsp3) is 0.364. The number of nitrogens with zero attached hydrogens (tertiary/aromatic N) is 2. The molecule has 1 aromatic carbocycles. The summed E-state index contributed by atoms with van der Waals surface area (Å²) >= 11 is 0. The molecule has 0 saturated carbocycles. The summed E-state index contributed by atoms with van der Waals surface area (Å²) in [5.74, 6) is 0.715. The molecule has 0 aliphatic carbocycles. The largest absolute Gasteiger partial charge is 0.454 e. The predicted molar refractivity (Wildman–Crippen MR) is 106 cm³/mol. The first-order chi connectivity index (χ1) is 12.7. The highest BCUT2D eigenvalue weighted by Crippen LogP contribution is 2.46. The number of anilines is 1. The van der Waals surface area contributed by atoms with Crippen LogP contribution in [0.5, 0.6) is 0 Å². The number of furan rings is 1. The Morgan fingerprint density at radius 2 is 1.96 bits per heavy atom. The summed E-state index contributed by atoms with van der Waals surface area (Å²) in [5.41, 5.74) is 2.63. The first kappa shape index (κ1) is 17.6. The van der Waals surface area contributed by atoms with Gasteiger partial charge in [0.1, 0.15) is 16.9 Å². The predicted octanol–water partition coefficient (Wildman–Crippen LogP) is 5.53. The maximum absolute atomic E-state index is 12.8. The minimum Gasteiger partial charge on any atom is -0.454 e. The molecule has 1 aliphatic heterocycles. The van der Waals surface area contributed by atoms with Gasteiger partial charge in [0, 0.05) is 29.1 Å². The van der Waals surface area contributed by atoms with Crippen molar-refractivity contribution in [1.29, 1.82) is 0 Å². The zero-order chi connectivity index (χ0) is 19.4. The zero-order valence-corrected chi connectivity index (χ0v) is 16.4. The number of carbonyl (C=O) groups is 1. The minimum atomic E-state index is -0.543. The molecule has 0 N–H and O–H groups in total. The van der Waals surface area contributed by atoms with Crippen LogP contribution in [0.15, 0.2) is 47.0 Å². The van der Waals surface area contributed by atoms with Gasteiger partial charge in [-0.05, 0) is 39.0 Å². The number of rotatable bonds is 1. The van der Waals surface area contributed by atoms with E-state index < -0.39 is 5.60 Å². The van der Waals surface area contributed by atoms with Gasteiger partial charge in [0.15, 0.2) is 5.76 Å². The van der Waals surface area contributed by atoms with Crippen LogP contribution in [-0.2, 0) is 10.2 Å². The third kappa shape index (κ3) is 3.07. The third-order valence-corrected chi connectivity index (χ3v) is 4.72. The van der Waals surface area contributed by atoms with E-state index in [2.05, 4.69) is 18.8 Å². The van der Waals surface area contributed by atoms with Crippen molar-refractivity contribution in [1.82, 2.24) is 4.98 Å². The summed E-state index contributed by atoms with van der Waals surface area (Å²) in [5, 5.41) is 1.03. The maximum atomic E-state index is 12.8. The lowest BCUT2D eigenvalue weighted by molar-refractivity contribution is 0.0579. The van der Waals surface area contributed by atoms with Crippen molar-refractivity contribution in [3.8, 4) is 11.5 Å². The molecular weight excluding hydrogens is 340 g/mol. The molecule has 2 aromatic heterocycles. The number of pyridine rings is 1. The Labute approximate surface area is 158 Å². The maximum Gasteiger partial charge on any atom is 0.414 e. The highest BCUT2D eigenvalue weighted by Gasteiger charge is 2.42. The average molecular weight is 364 g/mol. The number of aromatic nitrogens is 1. The van der Waals surface area contributed by atoms with E-state index in [1.165, 1.54) is 0 Å². The van der Waals surface area contributed by atoms with Crippen LogP contribution in [0.4, 0.5) is 10.5 Å². The van der Waals surface area contributed by atoms with E-state index >= 15 is 0 Å². The number of ether oxygens (including phenoxy) is 1. The Morgan fingerprint density at radius 1 is 1.22 bits per heavy atom. The van der Waals surface area contributed by atoms with Gasteiger partial charge in [-0.3, -0.25) is 9.88 Å². The van der Waals surface area contributed by atoms with Crippen molar-refractivity contribution in [2.45, 2.75) is 45.6 Å². The van der Waals surface area contributed by atoms with E-state index in [1.54, 1.807) is 11.1 Å². The van der Waals surface area contributed by atoms with Crippen molar-refractivity contribution < 1.29 is 13.9 Å². The van der Waals surface area contributed by atoms with Crippen LogP contribution in [-0.4, -0.2) is 23.2 Å². The number of amides is 1. The van der Waals surface area contributed by atoms with Gasteiger partial charge in [0.25, 0.3) is 0 Å². The second kappa shape index (κ2) is 5.84. The van der Waals surface area contributed by atoms with E-state index in [0.717, 1.165) is 27.9 Å². The smallest absolute Gasteiger partial charge is 0.414 e. The lowest BCUT2D eigenvalue weighted by atomic mass is 9.85. The van der Waals surface area contributed by atoms with Crippen LogP contribution >= 0.6 is 0 Å². The Balaban J connectivity index is 1.82. The standard InChI is InChI=1S/C22H24N2O3/c1-21(2,3)27-20(25)24-13-22(4,5)18-15(24)10-11-23-19(18)17-12-14-8-6-7-9-16(14)26-17/h6-12H,13H2,1-5H3. The molecule has 1 aliphatic rings. The topological polar surface area (TPSA) is 55.6 Å². The van der Waals surface area contributed by atoms with Gasteiger partial charge in [-0.1, -0.05) is 32.0 Å². The Bertz CT molecular complexity index is 994. The molecule has 3 aromatic rings. The summed E-state index contributed by atoms with van der Waals surface area (Å²) in [7, 11) is 0. The number of hydrogen-bond donors (Lipinski definition) is 0. The van der Waals surface area contributed by atoms with E-state index in [0.29, 0.717) is 12.3 Å². The van der Waals surface area contributed by atoms with Crippen molar-refractivity contribution in [2.24, 2.45) is 0 Å². The Hall–Kier alpha value is -2.82. The van der Waals surface area contributed by atoms with Crippen molar-refractivity contribution in [2.75, 3.05) is 11.4 Å². The normalized spacial score (nSPS) is 15.8. The number of benzene rings is 1. The summed E-state index contributed by atoms with van der Waals surface area (Å²) in [6, 6.07) is 11.8. The average Bonchev–Trinajstić information content (AvgIpc) is 3.12. The van der Waals surface area contributed by atoms with Crippen LogP contribution in [0.3, 0.4) is 0 Å². The van der Waals surface area contributed by atoms with Gasteiger partial charge < -0.3 is 9.15 Å². The van der Waals surface area contributed by atoms with Crippen molar-refractivity contribution in [3.05, 3.63) is 48.2 Å². The van der Waals surface area contributed by atoms with Gasteiger partial charge in [-0.2, -0.15) is 0 Å². The molecule has 5 heteroatoms. The van der Waals surface area contributed by atoms with E-state index in [-0.39, 0.29) is 11.5 Å². The summed E-state index contributed by atoms with van der Waals surface area (Å²) in [6.07, 6.45) is 1.39. The first-order valence-electron chi connectivity index (χ1n) is 9.15. The van der Waals surface area contributed by atoms with Gasteiger partial charge >= 0.3 is 6.09 Å². The lowest BCUT2D eigenvalue weighted by Gasteiger charge is -2.25. The van der Waals surface area contributed by atoms with Crippen LogP contribution in [0.2, 0.25) is 0 Å². The molecule has 27 heavy (non-hydrogen) atoms. The SMILES string of the molecule is CC(C)(C)OC(=O)N1CC(C)(C)c2c1ccnc2-c1cc2ccccc2o1. The Kier molecular flexibility index (Phi) is 3.81. The molecule has 0 spiro atoms. The molecule has 4 rings (SSSR count). The molecule has 1 amide bonds. The van der Waals surface area contributed by atoms with Gasteiger partial charge in [0.05, 0.1) is 5.69 Å². The minimum absolute atomic E-state index is 0.269. The molecular formula is C22H24N2O3. The molecule has 5 nitrogen and oxygen atoms in total. The third-order valence-electron chi connectivity index (χ3n) is 4.72. The molecule has 0 fully saturated rings. The molecule has 0 bridgehead atoms. The van der Waals surface area contributed by atoms with Gasteiger partial charge in [0.2, 0.25) is 0 Å². The highest BCUT2D eigenvalue weighted by molar-refractivity contribution is 5.94. The fourth-order valence-corrected chi connectivity index (χ4v) is 3.67. The van der Waals surface area contributed by atoms with E-state index in [1.807, 2.05) is 57.2 Å². The number of carbonyl (C=O) groups excluding carboxylic acids is 1. The quantitative estimate of drug-likeness (QED) is 0.570. The lowest BCUT2D eigenvalue weighted by Crippen LogP contribution is -2.38. The number of hydrogen-bond acceptors (Lipinski definition) is 4. The van der Waals surface area contributed by atoms with Crippen LogP contribution in [0.25, 0.3) is 22.4 Å². The summed E-state index contributed by atoms with van der Waals surface area (Å²) in [6.45, 7) is 10.4. The summed E-state index contributed by atoms with van der Waals surface area (Å²) in [4.78, 5) is 19.1. The van der Waals surface area contributed by atoms with Crippen molar-refractivity contribution in [3.63, 3.8) is 0 Å². The van der Waals surface area contributed by atoms with Crippen LogP contribution < -0.4 is 4.90 Å². The molecule has 3 heterocycles.